The summed E-state index contributed by atoms with van der Waals surface area (Å²) in [7, 11) is 1.62. The van der Waals surface area contributed by atoms with Gasteiger partial charge in [-0.1, -0.05) is 12.1 Å². The highest BCUT2D eigenvalue weighted by Gasteiger charge is 2.36. The maximum Gasteiger partial charge on any atom is 0.323 e. The highest BCUT2D eigenvalue weighted by atomic mass is 16.6. The average Bonchev–Trinajstić information content (AvgIpc) is 2.79. The first-order valence-corrected chi connectivity index (χ1v) is 6.35. The Bertz CT molecular complexity index is 430. The van der Waals surface area contributed by atoms with Gasteiger partial charge in [0.25, 0.3) is 0 Å². The van der Waals surface area contributed by atoms with Crippen LogP contribution in [-0.4, -0.2) is 36.4 Å². The second kappa shape index (κ2) is 6.04. The van der Waals surface area contributed by atoms with Crippen LogP contribution in [0.5, 0.6) is 5.75 Å². The van der Waals surface area contributed by atoms with E-state index in [2.05, 4.69) is 5.32 Å². The number of carbonyl (C=O) groups is 1. The minimum absolute atomic E-state index is 0.292. The number of hydrogen-bond acceptors (Lipinski definition) is 5. The Morgan fingerprint density at radius 1 is 1.47 bits per heavy atom. The van der Waals surface area contributed by atoms with Gasteiger partial charge in [-0.05, 0) is 24.6 Å². The fraction of sp³-hybridized carbons (Fsp3) is 0.500. The molecule has 0 aliphatic carbocycles. The standard InChI is InChI=1S/C14H19NO4/c1-9(16)13-7-12(14(17)19-13)15-8-10-3-5-11(18-2)6-4-10/h3-6,9,12-13,15-16H,7-8H2,1-2H3. The predicted molar refractivity (Wildman–Crippen MR) is 69.8 cm³/mol. The summed E-state index contributed by atoms with van der Waals surface area (Å²) in [5, 5.41) is 12.6. The molecule has 1 aromatic rings. The van der Waals surface area contributed by atoms with Crippen LogP contribution in [0.4, 0.5) is 0 Å². The van der Waals surface area contributed by atoms with Crippen LogP contribution >= 0.6 is 0 Å². The van der Waals surface area contributed by atoms with E-state index in [0.29, 0.717) is 13.0 Å². The third kappa shape index (κ3) is 3.45. The zero-order chi connectivity index (χ0) is 13.8. The van der Waals surface area contributed by atoms with E-state index >= 15 is 0 Å². The van der Waals surface area contributed by atoms with E-state index < -0.39 is 12.2 Å². The minimum atomic E-state index is -0.628. The van der Waals surface area contributed by atoms with Gasteiger partial charge in [0.1, 0.15) is 17.9 Å². The molecule has 0 saturated carbocycles. The fourth-order valence-electron chi connectivity index (χ4n) is 2.05. The van der Waals surface area contributed by atoms with Crippen molar-refractivity contribution in [1.82, 2.24) is 5.32 Å². The fourth-order valence-corrected chi connectivity index (χ4v) is 2.05. The molecule has 5 heteroatoms. The predicted octanol–water partition coefficient (Wildman–Crippen LogP) is 0.850. The van der Waals surface area contributed by atoms with Crippen molar-refractivity contribution < 1.29 is 19.4 Å². The van der Waals surface area contributed by atoms with Crippen molar-refractivity contribution in [2.45, 2.75) is 38.1 Å². The Kier molecular flexibility index (Phi) is 4.39. The molecule has 5 nitrogen and oxygen atoms in total. The molecule has 104 valence electrons. The summed E-state index contributed by atoms with van der Waals surface area (Å²) < 4.78 is 10.2. The summed E-state index contributed by atoms with van der Waals surface area (Å²) >= 11 is 0. The molecule has 1 saturated heterocycles. The molecule has 3 unspecified atom stereocenters. The van der Waals surface area contributed by atoms with Gasteiger partial charge in [-0.2, -0.15) is 0 Å². The number of aliphatic hydroxyl groups excluding tert-OH is 1. The number of nitrogens with one attached hydrogen (secondary N) is 1. The van der Waals surface area contributed by atoms with Gasteiger partial charge in [0, 0.05) is 13.0 Å². The van der Waals surface area contributed by atoms with Crippen LogP contribution < -0.4 is 10.1 Å². The van der Waals surface area contributed by atoms with E-state index in [1.807, 2.05) is 24.3 Å². The van der Waals surface area contributed by atoms with Crippen LogP contribution in [0, 0.1) is 0 Å². The Balaban J connectivity index is 1.86. The van der Waals surface area contributed by atoms with Crippen molar-refractivity contribution in [3.05, 3.63) is 29.8 Å². The molecule has 1 fully saturated rings. The number of methoxy groups -OCH3 is 1. The van der Waals surface area contributed by atoms with Gasteiger partial charge in [-0.15, -0.1) is 0 Å². The van der Waals surface area contributed by atoms with E-state index in [1.54, 1.807) is 14.0 Å². The number of hydrogen-bond donors (Lipinski definition) is 2. The summed E-state index contributed by atoms with van der Waals surface area (Å²) in [6.45, 7) is 2.21. The van der Waals surface area contributed by atoms with E-state index in [-0.39, 0.29) is 12.0 Å². The van der Waals surface area contributed by atoms with E-state index in [9.17, 15) is 9.90 Å². The number of esters is 1. The van der Waals surface area contributed by atoms with Crippen molar-refractivity contribution in [2.75, 3.05) is 7.11 Å². The van der Waals surface area contributed by atoms with Gasteiger partial charge in [-0.3, -0.25) is 4.79 Å². The molecule has 2 N–H and O–H groups in total. The molecule has 0 radical (unpaired) electrons. The van der Waals surface area contributed by atoms with Crippen LogP contribution in [0.3, 0.4) is 0 Å². The van der Waals surface area contributed by atoms with Crippen molar-refractivity contribution >= 4 is 5.97 Å². The van der Waals surface area contributed by atoms with E-state index in [4.69, 9.17) is 9.47 Å². The highest BCUT2D eigenvalue weighted by molar-refractivity contribution is 5.78. The molecule has 3 atom stereocenters. The summed E-state index contributed by atoms with van der Waals surface area (Å²) in [4.78, 5) is 11.6. The number of carbonyl (C=O) groups excluding carboxylic acids is 1. The van der Waals surface area contributed by atoms with Gasteiger partial charge in [0.15, 0.2) is 0 Å². The molecule has 1 aliphatic heterocycles. The molecule has 0 amide bonds. The van der Waals surface area contributed by atoms with Crippen molar-refractivity contribution in [3.8, 4) is 5.75 Å². The lowest BCUT2D eigenvalue weighted by Gasteiger charge is -2.11. The molecule has 0 aromatic heterocycles. The molecule has 2 rings (SSSR count). The molecule has 19 heavy (non-hydrogen) atoms. The summed E-state index contributed by atoms with van der Waals surface area (Å²) in [5.41, 5.74) is 1.06. The van der Waals surface area contributed by atoms with E-state index in [1.165, 1.54) is 0 Å². The van der Waals surface area contributed by atoms with Crippen LogP contribution in [0.15, 0.2) is 24.3 Å². The minimum Gasteiger partial charge on any atom is -0.497 e. The van der Waals surface area contributed by atoms with Gasteiger partial charge in [-0.25, -0.2) is 0 Å². The van der Waals surface area contributed by atoms with Gasteiger partial charge < -0.3 is 19.9 Å². The third-order valence-electron chi connectivity index (χ3n) is 3.27. The number of ether oxygens (including phenoxy) is 2. The largest absolute Gasteiger partial charge is 0.497 e. The Morgan fingerprint density at radius 3 is 2.68 bits per heavy atom. The van der Waals surface area contributed by atoms with Crippen LogP contribution in [0.1, 0.15) is 18.9 Å². The summed E-state index contributed by atoms with van der Waals surface area (Å²) in [6, 6.07) is 7.29. The van der Waals surface area contributed by atoms with Crippen molar-refractivity contribution in [1.29, 1.82) is 0 Å². The van der Waals surface area contributed by atoms with Gasteiger partial charge in [0.05, 0.1) is 13.2 Å². The monoisotopic (exact) mass is 265 g/mol. The molecule has 0 spiro atoms. The molecule has 0 bridgehead atoms. The second-order valence-corrected chi connectivity index (χ2v) is 4.73. The molecular formula is C14H19NO4. The maximum atomic E-state index is 11.6. The number of benzene rings is 1. The topological polar surface area (TPSA) is 67.8 Å². The zero-order valence-electron chi connectivity index (χ0n) is 11.1. The molecule has 1 aliphatic rings. The lowest BCUT2D eigenvalue weighted by molar-refractivity contribution is -0.146. The van der Waals surface area contributed by atoms with Crippen LogP contribution in [0.25, 0.3) is 0 Å². The lowest BCUT2D eigenvalue weighted by atomic mass is 10.1. The first-order chi connectivity index (χ1) is 9.10. The molecule has 1 heterocycles. The number of aliphatic hydroxyl groups is 1. The van der Waals surface area contributed by atoms with Crippen LogP contribution in [-0.2, 0) is 16.1 Å². The highest BCUT2D eigenvalue weighted by Crippen LogP contribution is 2.18. The number of rotatable bonds is 5. The Morgan fingerprint density at radius 2 is 2.16 bits per heavy atom. The first-order valence-electron chi connectivity index (χ1n) is 6.35. The summed E-state index contributed by atoms with van der Waals surface area (Å²) in [6.07, 6.45) is -0.523. The molecule has 1 aromatic carbocycles. The maximum absolute atomic E-state index is 11.6. The quantitative estimate of drug-likeness (QED) is 0.773. The zero-order valence-corrected chi connectivity index (χ0v) is 11.1. The van der Waals surface area contributed by atoms with Crippen molar-refractivity contribution in [2.24, 2.45) is 0 Å². The van der Waals surface area contributed by atoms with Gasteiger partial charge in [0.2, 0.25) is 0 Å². The Labute approximate surface area is 112 Å². The number of cyclic esters (lactones) is 1. The average molecular weight is 265 g/mol. The first kappa shape index (κ1) is 13.8. The molecular weight excluding hydrogens is 246 g/mol. The van der Waals surface area contributed by atoms with Gasteiger partial charge >= 0.3 is 5.97 Å². The van der Waals surface area contributed by atoms with Crippen LogP contribution in [0.2, 0.25) is 0 Å². The second-order valence-electron chi connectivity index (χ2n) is 4.73. The SMILES string of the molecule is COc1ccc(CNC2CC(C(C)O)OC2=O)cc1. The van der Waals surface area contributed by atoms with Crippen molar-refractivity contribution in [3.63, 3.8) is 0 Å². The third-order valence-corrected chi connectivity index (χ3v) is 3.27. The van der Waals surface area contributed by atoms with E-state index in [0.717, 1.165) is 11.3 Å². The lowest BCUT2D eigenvalue weighted by Crippen LogP contribution is -2.32. The summed E-state index contributed by atoms with van der Waals surface area (Å²) in [5.74, 6) is 0.512. The Hall–Kier alpha value is -1.59. The smallest absolute Gasteiger partial charge is 0.323 e. The normalized spacial score (nSPS) is 24.1.